The van der Waals surface area contributed by atoms with E-state index < -0.39 is 11.7 Å². The predicted octanol–water partition coefficient (Wildman–Crippen LogP) is 3.60. The summed E-state index contributed by atoms with van der Waals surface area (Å²) in [5, 5.41) is 0.904. The highest BCUT2D eigenvalue weighted by Gasteiger charge is 2.15. The fraction of sp³-hybridized carbons (Fsp3) is 0.0476. The Morgan fingerprint density at radius 2 is 1.90 bits per heavy atom. The van der Waals surface area contributed by atoms with Gasteiger partial charge in [0.25, 0.3) is 5.91 Å². The zero-order chi connectivity index (χ0) is 21.1. The van der Waals surface area contributed by atoms with Crippen molar-refractivity contribution in [1.82, 2.24) is 20.4 Å². The molecular formula is C21H17FN6O2. The summed E-state index contributed by atoms with van der Waals surface area (Å²) in [4.78, 5) is 24.7. The van der Waals surface area contributed by atoms with Crippen molar-refractivity contribution in [3.63, 3.8) is 0 Å². The van der Waals surface area contributed by atoms with Crippen molar-refractivity contribution in [2.75, 3.05) is 11.2 Å². The number of amides is 1. The molecule has 0 unspecified atom stereocenters. The first-order valence-electron chi connectivity index (χ1n) is 8.98. The highest BCUT2D eigenvalue weighted by Crippen LogP contribution is 2.32. The van der Waals surface area contributed by atoms with Crippen LogP contribution in [-0.2, 0) is 0 Å². The van der Waals surface area contributed by atoms with E-state index in [1.54, 1.807) is 12.1 Å². The fourth-order valence-corrected chi connectivity index (χ4v) is 2.79. The van der Waals surface area contributed by atoms with Crippen molar-refractivity contribution >= 4 is 28.3 Å². The monoisotopic (exact) mass is 404 g/mol. The average Bonchev–Trinajstić information content (AvgIpc) is 2.75. The molecule has 9 heteroatoms. The van der Waals surface area contributed by atoms with E-state index in [0.717, 1.165) is 11.1 Å². The first-order valence-corrected chi connectivity index (χ1v) is 8.98. The Balaban J connectivity index is 1.56. The summed E-state index contributed by atoms with van der Waals surface area (Å²) in [6.07, 6.45) is 1.23. The number of hydrazine groups is 1. The maximum absolute atomic E-state index is 13.7. The van der Waals surface area contributed by atoms with E-state index in [0.29, 0.717) is 11.3 Å². The molecular weight excluding hydrogens is 387 g/mol. The number of anilines is 2. The number of nitrogens with zero attached hydrogens (tertiary/aromatic N) is 3. The molecule has 0 saturated heterocycles. The van der Waals surface area contributed by atoms with Gasteiger partial charge in [0.2, 0.25) is 5.88 Å². The molecule has 0 spiro atoms. The lowest BCUT2D eigenvalue weighted by Gasteiger charge is -2.13. The highest BCUT2D eigenvalue weighted by molar-refractivity contribution is 5.95. The summed E-state index contributed by atoms with van der Waals surface area (Å²) in [5.74, 6) is -0.655. The van der Waals surface area contributed by atoms with Crippen LogP contribution >= 0.6 is 0 Å². The summed E-state index contributed by atoms with van der Waals surface area (Å²) in [5.41, 5.74) is 12.5. The molecule has 0 radical (unpaired) electrons. The van der Waals surface area contributed by atoms with Crippen molar-refractivity contribution in [1.29, 1.82) is 0 Å². The highest BCUT2D eigenvalue weighted by atomic mass is 19.1. The molecule has 0 aliphatic heterocycles. The number of rotatable bonds is 5. The van der Waals surface area contributed by atoms with Gasteiger partial charge in [-0.3, -0.25) is 15.6 Å². The van der Waals surface area contributed by atoms with E-state index in [1.807, 2.05) is 31.2 Å². The summed E-state index contributed by atoms with van der Waals surface area (Å²) in [6, 6.07) is 15.0. The molecule has 4 aromatic rings. The molecule has 2 aromatic heterocycles. The van der Waals surface area contributed by atoms with Crippen LogP contribution in [0.15, 0.2) is 60.9 Å². The largest absolute Gasteiger partial charge is 0.435 e. The number of aromatic nitrogens is 3. The summed E-state index contributed by atoms with van der Waals surface area (Å²) < 4.78 is 19.6. The predicted molar refractivity (Wildman–Crippen MR) is 110 cm³/mol. The average molecular weight is 404 g/mol. The van der Waals surface area contributed by atoms with Crippen molar-refractivity contribution in [2.24, 2.45) is 0 Å². The molecule has 0 atom stereocenters. The lowest BCUT2D eigenvalue weighted by molar-refractivity contribution is 0.0958. The van der Waals surface area contributed by atoms with E-state index in [2.05, 4.69) is 25.8 Å². The topological polar surface area (TPSA) is 115 Å². The van der Waals surface area contributed by atoms with Crippen molar-refractivity contribution in [3.05, 3.63) is 78.0 Å². The molecule has 2 heterocycles. The number of aryl methyl sites for hydroxylation is 1. The minimum Gasteiger partial charge on any atom is -0.435 e. The lowest BCUT2D eigenvalue weighted by Crippen LogP contribution is -2.31. The first-order chi connectivity index (χ1) is 14.5. The Hall–Kier alpha value is -4.27. The molecule has 0 fully saturated rings. The first kappa shape index (κ1) is 19.1. The van der Waals surface area contributed by atoms with Crippen LogP contribution in [0.3, 0.4) is 0 Å². The number of pyridine rings is 1. The number of carbonyl (C=O) groups is 1. The van der Waals surface area contributed by atoms with Crippen LogP contribution in [0.5, 0.6) is 11.6 Å². The van der Waals surface area contributed by atoms with E-state index >= 15 is 0 Å². The molecule has 0 aliphatic carbocycles. The molecule has 2 aromatic carbocycles. The quantitative estimate of drug-likeness (QED) is 0.435. The standard InChI is InChI=1S/C21H17FN6O2/c1-12-9-10-13-5-4-8-16(18(13)26-12)30-21-17(23)19(24-11-25-21)27-28-20(29)14-6-2-3-7-15(14)22/h2-11H,23H2,1H3,(H,28,29)(H,24,25,27). The summed E-state index contributed by atoms with van der Waals surface area (Å²) in [6.45, 7) is 1.88. The van der Waals surface area contributed by atoms with E-state index in [1.165, 1.54) is 24.5 Å². The van der Waals surface area contributed by atoms with Gasteiger partial charge in [-0.15, -0.1) is 0 Å². The van der Waals surface area contributed by atoms with Gasteiger partial charge in [0.05, 0.1) is 5.56 Å². The number of nitrogens with two attached hydrogens (primary N) is 1. The number of benzene rings is 2. The molecule has 0 bridgehead atoms. The maximum atomic E-state index is 13.7. The second-order valence-electron chi connectivity index (χ2n) is 6.38. The number of hydrogen-bond acceptors (Lipinski definition) is 7. The number of nitrogens with one attached hydrogen (secondary N) is 2. The zero-order valence-corrected chi connectivity index (χ0v) is 15.9. The Kier molecular flexibility index (Phi) is 5.08. The van der Waals surface area contributed by atoms with Crippen molar-refractivity contribution in [2.45, 2.75) is 6.92 Å². The summed E-state index contributed by atoms with van der Waals surface area (Å²) in [7, 11) is 0. The maximum Gasteiger partial charge on any atom is 0.272 e. The van der Waals surface area contributed by atoms with Gasteiger partial charge < -0.3 is 10.5 Å². The third-order valence-corrected chi connectivity index (χ3v) is 4.29. The second-order valence-corrected chi connectivity index (χ2v) is 6.38. The van der Waals surface area contributed by atoms with E-state index in [-0.39, 0.29) is 22.9 Å². The Morgan fingerprint density at radius 1 is 1.07 bits per heavy atom. The van der Waals surface area contributed by atoms with Gasteiger partial charge in [-0.25, -0.2) is 14.4 Å². The Labute approximate surface area is 170 Å². The number of halogens is 1. The van der Waals surface area contributed by atoms with Gasteiger partial charge in [0, 0.05) is 11.1 Å². The number of carbonyl (C=O) groups excluding carboxylic acids is 1. The molecule has 30 heavy (non-hydrogen) atoms. The smallest absolute Gasteiger partial charge is 0.272 e. The van der Waals surface area contributed by atoms with Crippen molar-refractivity contribution < 1.29 is 13.9 Å². The van der Waals surface area contributed by atoms with Crippen LogP contribution in [0, 0.1) is 12.7 Å². The van der Waals surface area contributed by atoms with Gasteiger partial charge in [-0.1, -0.05) is 30.3 Å². The van der Waals surface area contributed by atoms with Gasteiger partial charge in [0.1, 0.15) is 23.3 Å². The molecule has 150 valence electrons. The lowest BCUT2D eigenvalue weighted by atomic mass is 10.2. The number of fused-ring (bicyclic) bond motifs is 1. The molecule has 4 N–H and O–H groups in total. The van der Waals surface area contributed by atoms with Crippen molar-refractivity contribution in [3.8, 4) is 11.6 Å². The normalized spacial score (nSPS) is 10.6. The molecule has 8 nitrogen and oxygen atoms in total. The van der Waals surface area contributed by atoms with E-state index in [4.69, 9.17) is 10.5 Å². The number of ether oxygens (including phenoxy) is 1. The van der Waals surface area contributed by atoms with Gasteiger partial charge in [0.15, 0.2) is 11.6 Å². The van der Waals surface area contributed by atoms with Gasteiger partial charge in [-0.05, 0) is 31.2 Å². The Bertz CT molecular complexity index is 1250. The number of para-hydroxylation sites is 1. The van der Waals surface area contributed by atoms with Crippen LogP contribution in [0.4, 0.5) is 15.9 Å². The zero-order valence-electron chi connectivity index (χ0n) is 15.9. The SMILES string of the molecule is Cc1ccc2cccc(Oc3ncnc(NNC(=O)c4ccccc4F)c3N)c2n1. The van der Waals surface area contributed by atoms with Crippen LogP contribution in [0.25, 0.3) is 10.9 Å². The number of hydrogen-bond donors (Lipinski definition) is 3. The third-order valence-electron chi connectivity index (χ3n) is 4.29. The second kappa shape index (κ2) is 8.00. The van der Waals surface area contributed by atoms with Crippen LogP contribution < -0.4 is 21.3 Å². The van der Waals surface area contributed by atoms with E-state index in [9.17, 15) is 9.18 Å². The molecule has 1 amide bonds. The van der Waals surface area contributed by atoms with Crippen LogP contribution in [0.2, 0.25) is 0 Å². The fourth-order valence-electron chi connectivity index (χ4n) is 2.79. The number of nitrogen functional groups attached to an aromatic ring is 1. The van der Waals surface area contributed by atoms with Crippen LogP contribution in [0.1, 0.15) is 16.1 Å². The molecule has 0 aliphatic rings. The van der Waals surface area contributed by atoms with Crippen LogP contribution in [-0.4, -0.2) is 20.9 Å². The minimum absolute atomic E-state index is 0.0657. The minimum atomic E-state index is -0.678. The third kappa shape index (κ3) is 3.81. The molecule has 0 saturated carbocycles. The Morgan fingerprint density at radius 3 is 2.73 bits per heavy atom. The van der Waals surface area contributed by atoms with Gasteiger partial charge in [-0.2, -0.15) is 4.98 Å². The molecule has 4 rings (SSSR count). The van der Waals surface area contributed by atoms with Gasteiger partial charge >= 0.3 is 0 Å². The summed E-state index contributed by atoms with van der Waals surface area (Å²) >= 11 is 0.